The van der Waals surface area contributed by atoms with Gasteiger partial charge in [0.1, 0.15) is 0 Å². The van der Waals surface area contributed by atoms with Crippen molar-refractivity contribution < 1.29 is 4.79 Å². The Labute approximate surface area is 150 Å². The average molecular weight is 364 g/mol. The van der Waals surface area contributed by atoms with Crippen LogP contribution in [-0.4, -0.2) is 16.9 Å². The van der Waals surface area contributed by atoms with E-state index in [9.17, 15) is 4.79 Å². The molecule has 1 amide bonds. The van der Waals surface area contributed by atoms with Crippen molar-refractivity contribution in [3.05, 3.63) is 59.1 Å². The number of benzene rings is 2. The van der Waals surface area contributed by atoms with Crippen molar-refractivity contribution in [3.8, 4) is 0 Å². The van der Waals surface area contributed by atoms with Crippen LogP contribution in [-0.2, 0) is 4.79 Å². The zero-order chi connectivity index (χ0) is 16.2. The van der Waals surface area contributed by atoms with Gasteiger partial charge in [-0.15, -0.1) is 23.5 Å². The highest BCUT2D eigenvalue weighted by Crippen LogP contribution is 2.36. The third-order valence-electron chi connectivity index (χ3n) is 3.77. The summed E-state index contributed by atoms with van der Waals surface area (Å²) in [4.78, 5) is 14.9. The van der Waals surface area contributed by atoms with Gasteiger partial charge in [0.05, 0.1) is 11.3 Å². The number of rotatable bonds is 4. The molecule has 23 heavy (non-hydrogen) atoms. The van der Waals surface area contributed by atoms with Crippen molar-refractivity contribution in [1.82, 2.24) is 5.32 Å². The van der Waals surface area contributed by atoms with Crippen LogP contribution >= 0.6 is 35.1 Å². The lowest BCUT2D eigenvalue weighted by Crippen LogP contribution is -2.35. The maximum absolute atomic E-state index is 12.5. The first-order chi connectivity index (χ1) is 11.1. The molecule has 0 saturated carbocycles. The molecule has 2 nitrogen and oxygen atoms in total. The number of fused-ring (bicyclic) bond motifs is 1. The third kappa shape index (κ3) is 4.25. The molecule has 0 aromatic heterocycles. The summed E-state index contributed by atoms with van der Waals surface area (Å²) in [5.74, 6) is 1.12. The summed E-state index contributed by atoms with van der Waals surface area (Å²) in [6, 6.07) is 16.0. The molecular formula is C18H18ClNOS2. The number of hydrogen-bond acceptors (Lipinski definition) is 3. The second-order valence-corrected chi connectivity index (χ2v) is 8.44. The first-order valence-electron chi connectivity index (χ1n) is 7.58. The van der Waals surface area contributed by atoms with Crippen LogP contribution in [0.25, 0.3) is 0 Å². The molecule has 2 aromatic rings. The minimum atomic E-state index is -0.141. The number of hydrogen-bond donors (Lipinski definition) is 1. The van der Waals surface area contributed by atoms with Gasteiger partial charge in [-0.25, -0.2) is 0 Å². The van der Waals surface area contributed by atoms with Crippen LogP contribution in [0.2, 0.25) is 5.02 Å². The van der Waals surface area contributed by atoms with Crippen LogP contribution in [0.15, 0.2) is 58.3 Å². The van der Waals surface area contributed by atoms with Crippen LogP contribution in [0.5, 0.6) is 0 Å². The molecule has 2 atom stereocenters. The van der Waals surface area contributed by atoms with E-state index in [2.05, 4.69) is 23.5 Å². The van der Waals surface area contributed by atoms with Gasteiger partial charge in [0.15, 0.2) is 0 Å². The number of nitrogens with one attached hydrogen (secondary N) is 1. The normalized spacial score (nSPS) is 18.1. The highest BCUT2D eigenvalue weighted by atomic mass is 35.5. The summed E-state index contributed by atoms with van der Waals surface area (Å²) in [6.45, 7) is 1.94. The van der Waals surface area contributed by atoms with E-state index in [1.54, 1.807) is 11.8 Å². The summed E-state index contributed by atoms with van der Waals surface area (Å²) in [5.41, 5.74) is 1.24. The molecule has 0 radical (unpaired) electrons. The predicted molar refractivity (Wildman–Crippen MR) is 99.4 cm³/mol. The molecule has 120 valence electrons. The van der Waals surface area contributed by atoms with E-state index < -0.39 is 0 Å². The van der Waals surface area contributed by atoms with Crippen LogP contribution in [0.1, 0.15) is 24.9 Å². The van der Waals surface area contributed by atoms with Gasteiger partial charge < -0.3 is 5.32 Å². The molecule has 1 aliphatic heterocycles. The maximum atomic E-state index is 12.5. The molecule has 2 aromatic carbocycles. The van der Waals surface area contributed by atoms with E-state index in [1.165, 1.54) is 10.5 Å². The largest absolute Gasteiger partial charge is 0.348 e. The summed E-state index contributed by atoms with van der Waals surface area (Å²) < 4.78 is 0. The molecule has 3 rings (SSSR count). The van der Waals surface area contributed by atoms with Crippen molar-refractivity contribution in [2.24, 2.45) is 0 Å². The van der Waals surface area contributed by atoms with E-state index in [4.69, 9.17) is 11.6 Å². The van der Waals surface area contributed by atoms with E-state index in [1.807, 2.05) is 49.0 Å². The Bertz CT molecular complexity index is 690. The third-order valence-corrected chi connectivity index (χ3v) is 6.26. The molecule has 0 aliphatic carbocycles. The topological polar surface area (TPSA) is 29.1 Å². The first kappa shape index (κ1) is 16.7. The Balaban J connectivity index is 1.64. The minimum Gasteiger partial charge on any atom is -0.348 e. The minimum absolute atomic E-state index is 0.0802. The summed E-state index contributed by atoms with van der Waals surface area (Å²) in [7, 11) is 0. The monoisotopic (exact) mass is 363 g/mol. The fourth-order valence-corrected chi connectivity index (χ4v) is 4.68. The number of carbonyl (C=O) groups is 1. The maximum Gasteiger partial charge on any atom is 0.233 e. The zero-order valence-electron chi connectivity index (χ0n) is 12.8. The molecule has 5 heteroatoms. The van der Waals surface area contributed by atoms with Crippen molar-refractivity contribution in [2.75, 3.05) is 5.75 Å². The SMILES string of the molecule is CC(Sc1ccc(Cl)cc1)C(=O)NC1CCSc2ccccc21. The van der Waals surface area contributed by atoms with E-state index in [0.717, 1.165) is 17.1 Å². The Morgan fingerprint density at radius 2 is 2.00 bits per heavy atom. The van der Waals surface area contributed by atoms with Gasteiger partial charge in [-0.2, -0.15) is 0 Å². The lowest BCUT2D eigenvalue weighted by atomic mass is 10.0. The Kier molecular flexibility index (Phi) is 5.57. The summed E-state index contributed by atoms with van der Waals surface area (Å²) in [5, 5.41) is 3.78. The molecular weight excluding hydrogens is 346 g/mol. The highest BCUT2D eigenvalue weighted by molar-refractivity contribution is 8.00. The molecule has 1 aliphatic rings. The molecule has 0 bridgehead atoms. The van der Waals surface area contributed by atoms with E-state index in [-0.39, 0.29) is 17.2 Å². The predicted octanol–water partition coefficient (Wildman–Crippen LogP) is 5.17. The Morgan fingerprint density at radius 1 is 1.26 bits per heavy atom. The van der Waals surface area contributed by atoms with Gasteiger partial charge >= 0.3 is 0 Å². The molecule has 0 fully saturated rings. The van der Waals surface area contributed by atoms with Gasteiger partial charge in [-0.3, -0.25) is 4.79 Å². The Morgan fingerprint density at radius 3 is 2.78 bits per heavy atom. The number of thioether (sulfide) groups is 2. The second kappa shape index (κ2) is 7.65. The summed E-state index contributed by atoms with van der Waals surface area (Å²) >= 11 is 9.31. The number of carbonyl (C=O) groups excluding carboxylic acids is 1. The van der Waals surface area contributed by atoms with E-state index in [0.29, 0.717) is 5.02 Å². The number of amides is 1. The van der Waals surface area contributed by atoms with Crippen LogP contribution < -0.4 is 5.32 Å². The first-order valence-corrected chi connectivity index (χ1v) is 9.82. The standard InChI is InChI=1S/C18H18ClNOS2/c1-12(23-14-8-6-13(19)7-9-14)18(21)20-16-10-11-22-17-5-3-2-4-15(16)17/h2-9,12,16H,10-11H2,1H3,(H,20,21). The van der Waals surface area contributed by atoms with Crippen molar-refractivity contribution in [2.45, 2.75) is 34.4 Å². The average Bonchev–Trinajstić information content (AvgIpc) is 2.57. The van der Waals surface area contributed by atoms with Gasteiger partial charge in [0.25, 0.3) is 0 Å². The fraction of sp³-hybridized carbons (Fsp3) is 0.278. The van der Waals surface area contributed by atoms with Crippen LogP contribution in [0, 0.1) is 0 Å². The Hall–Kier alpha value is -1.10. The summed E-state index contributed by atoms with van der Waals surface area (Å²) in [6.07, 6.45) is 0.978. The lowest BCUT2D eigenvalue weighted by Gasteiger charge is -2.27. The van der Waals surface area contributed by atoms with Crippen LogP contribution in [0.4, 0.5) is 0 Å². The molecule has 1 N–H and O–H groups in total. The molecule has 0 saturated heterocycles. The van der Waals surface area contributed by atoms with Crippen LogP contribution in [0.3, 0.4) is 0 Å². The van der Waals surface area contributed by atoms with Gasteiger partial charge in [-0.05, 0) is 49.2 Å². The van der Waals surface area contributed by atoms with E-state index >= 15 is 0 Å². The quantitative estimate of drug-likeness (QED) is 0.759. The van der Waals surface area contributed by atoms with Crippen molar-refractivity contribution in [3.63, 3.8) is 0 Å². The lowest BCUT2D eigenvalue weighted by molar-refractivity contribution is -0.121. The van der Waals surface area contributed by atoms with Crippen molar-refractivity contribution >= 4 is 41.0 Å². The van der Waals surface area contributed by atoms with Gasteiger partial charge in [0, 0.05) is 20.6 Å². The molecule has 2 unspecified atom stereocenters. The molecule has 1 heterocycles. The van der Waals surface area contributed by atoms with Gasteiger partial charge in [0.2, 0.25) is 5.91 Å². The van der Waals surface area contributed by atoms with Gasteiger partial charge in [-0.1, -0.05) is 29.8 Å². The smallest absolute Gasteiger partial charge is 0.233 e. The highest BCUT2D eigenvalue weighted by Gasteiger charge is 2.24. The second-order valence-electron chi connectivity index (χ2n) is 5.45. The fourth-order valence-electron chi connectivity index (χ4n) is 2.55. The molecule has 0 spiro atoms. The zero-order valence-corrected chi connectivity index (χ0v) is 15.2. The van der Waals surface area contributed by atoms with Crippen molar-refractivity contribution in [1.29, 1.82) is 0 Å². The number of halogens is 1.